The number of H-pyrrole nitrogens is 1. The Morgan fingerprint density at radius 2 is 1.84 bits per heavy atom. The topological polar surface area (TPSA) is 115 Å². The summed E-state index contributed by atoms with van der Waals surface area (Å²) in [6.07, 6.45) is 1.14. The minimum Gasteiger partial charge on any atom is -0.497 e. The third-order valence-corrected chi connectivity index (χ3v) is 5.95. The van der Waals surface area contributed by atoms with Crippen molar-refractivity contribution in [3.63, 3.8) is 0 Å². The number of aliphatic hydroxyl groups excluding tert-OH is 1. The SMILES string of the molecule is COc1ccc(OC[C@H](O)Cn2c(N3CCC(C)CC3)nc3c2c(=O)[nH]c(=O)n3C)cc1. The number of aryl methyl sites for hydroxylation is 1. The summed E-state index contributed by atoms with van der Waals surface area (Å²) in [5.74, 6) is 2.53. The summed E-state index contributed by atoms with van der Waals surface area (Å²) in [7, 11) is 3.16. The van der Waals surface area contributed by atoms with Crippen molar-refractivity contribution in [1.29, 1.82) is 0 Å². The molecule has 2 N–H and O–H groups in total. The zero-order valence-electron chi connectivity index (χ0n) is 18.6. The molecule has 1 fully saturated rings. The Morgan fingerprint density at radius 1 is 1.19 bits per heavy atom. The molecule has 0 amide bonds. The normalized spacial score (nSPS) is 15.8. The van der Waals surface area contributed by atoms with E-state index in [1.165, 1.54) is 4.57 Å². The van der Waals surface area contributed by atoms with Crippen LogP contribution in [0.15, 0.2) is 33.9 Å². The molecule has 1 saturated heterocycles. The second-order valence-corrected chi connectivity index (χ2v) is 8.32. The molecule has 0 unspecified atom stereocenters. The molecule has 2 aromatic heterocycles. The number of benzene rings is 1. The molecule has 0 aliphatic carbocycles. The van der Waals surface area contributed by atoms with Crippen LogP contribution in [0.5, 0.6) is 11.5 Å². The van der Waals surface area contributed by atoms with Gasteiger partial charge in [-0.1, -0.05) is 6.92 Å². The van der Waals surface area contributed by atoms with Crippen LogP contribution in [0.3, 0.4) is 0 Å². The third-order valence-electron chi connectivity index (χ3n) is 5.95. The second kappa shape index (κ2) is 9.07. The van der Waals surface area contributed by atoms with Crippen LogP contribution in [0, 0.1) is 5.92 Å². The first-order valence-electron chi connectivity index (χ1n) is 10.8. The molecule has 0 radical (unpaired) electrons. The lowest BCUT2D eigenvalue weighted by Crippen LogP contribution is -2.36. The fourth-order valence-electron chi connectivity index (χ4n) is 3.97. The number of rotatable bonds is 7. The summed E-state index contributed by atoms with van der Waals surface area (Å²) in [5, 5.41) is 10.7. The second-order valence-electron chi connectivity index (χ2n) is 8.32. The Kier molecular flexibility index (Phi) is 6.22. The van der Waals surface area contributed by atoms with E-state index in [2.05, 4.69) is 21.8 Å². The van der Waals surface area contributed by atoms with E-state index in [1.807, 2.05) is 0 Å². The first-order chi connectivity index (χ1) is 15.4. The highest BCUT2D eigenvalue weighted by Gasteiger charge is 2.25. The van der Waals surface area contributed by atoms with Crippen molar-refractivity contribution in [2.75, 3.05) is 31.7 Å². The number of anilines is 1. The van der Waals surface area contributed by atoms with Gasteiger partial charge in [-0.25, -0.2) is 4.79 Å². The van der Waals surface area contributed by atoms with Crippen molar-refractivity contribution in [3.05, 3.63) is 45.1 Å². The van der Waals surface area contributed by atoms with Gasteiger partial charge in [0.25, 0.3) is 5.56 Å². The minimum absolute atomic E-state index is 0.0339. The fraction of sp³-hybridized carbons (Fsp3) is 0.500. The standard InChI is InChI=1S/C22H29N5O5/c1-14-8-10-26(11-9-14)21-23-19-18(20(29)24-22(30)25(19)2)27(21)12-15(28)13-32-17-6-4-16(31-3)5-7-17/h4-7,14-15,28H,8-13H2,1-3H3,(H,24,29,30)/t15-/m1/s1. The van der Waals surface area contributed by atoms with Crippen LogP contribution >= 0.6 is 0 Å². The number of hydrogen-bond acceptors (Lipinski definition) is 7. The van der Waals surface area contributed by atoms with E-state index in [9.17, 15) is 14.7 Å². The predicted molar refractivity (Wildman–Crippen MR) is 121 cm³/mol. The van der Waals surface area contributed by atoms with Crippen molar-refractivity contribution in [2.24, 2.45) is 13.0 Å². The van der Waals surface area contributed by atoms with E-state index < -0.39 is 17.4 Å². The number of fused-ring (bicyclic) bond motifs is 1. The molecule has 4 rings (SSSR count). The van der Waals surface area contributed by atoms with Gasteiger partial charge in [0.1, 0.15) is 24.2 Å². The number of aromatic nitrogens is 4. The van der Waals surface area contributed by atoms with E-state index in [0.717, 1.165) is 25.9 Å². The summed E-state index contributed by atoms with van der Waals surface area (Å²) in [6, 6.07) is 7.08. The van der Waals surface area contributed by atoms with Gasteiger partial charge in [-0.05, 0) is 43.0 Å². The van der Waals surface area contributed by atoms with Crippen LogP contribution in [0.2, 0.25) is 0 Å². The number of imidazole rings is 1. The Hall–Kier alpha value is -3.27. The highest BCUT2D eigenvalue weighted by atomic mass is 16.5. The van der Waals surface area contributed by atoms with E-state index in [0.29, 0.717) is 29.0 Å². The molecule has 10 nitrogen and oxygen atoms in total. The molecule has 3 aromatic rings. The summed E-state index contributed by atoms with van der Waals surface area (Å²) < 4.78 is 13.9. The minimum atomic E-state index is -0.895. The lowest BCUT2D eigenvalue weighted by Gasteiger charge is -2.31. The van der Waals surface area contributed by atoms with Gasteiger partial charge >= 0.3 is 5.69 Å². The quantitative estimate of drug-likeness (QED) is 0.562. The molecular formula is C22H29N5O5. The maximum atomic E-state index is 12.7. The Labute approximate surface area is 185 Å². The summed E-state index contributed by atoms with van der Waals surface area (Å²) in [6.45, 7) is 3.96. The number of piperidine rings is 1. The predicted octanol–water partition coefficient (Wildman–Crippen LogP) is 1.11. The molecule has 1 aromatic carbocycles. The van der Waals surface area contributed by atoms with Crippen LogP contribution in [0.4, 0.5) is 5.95 Å². The number of hydrogen-bond donors (Lipinski definition) is 2. The van der Waals surface area contributed by atoms with Gasteiger partial charge in [-0.2, -0.15) is 4.98 Å². The molecule has 0 spiro atoms. The number of ether oxygens (including phenoxy) is 2. The van der Waals surface area contributed by atoms with Gasteiger partial charge in [0.2, 0.25) is 5.95 Å². The van der Waals surface area contributed by atoms with Crippen molar-refractivity contribution in [1.82, 2.24) is 19.1 Å². The van der Waals surface area contributed by atoms with Crippen molar-refractivity contribution >= 4 is 17.1 Å². The first kappa shape index (κ1) is 21.9. The van der Waals surface area contributed by atoms with Gasteiger partial charge < -0.3 is 24.0 Å². The molecule has 0 saturated carbocycles. The Balaban J connectivity index is 1.62. The van der Waals surface area contributed by atoms with Crippen LogP contribution in [0.1, 0.15) is 19.8 Å². The summed E-state index contributed by atoms with van der Waals surface area (Å²) >= 11 is 0. The molecule has 1 atom stereocenters. The van der Waals surface area contributed by atoms with Crippen molar-refractivity contribution in [3.8, 4) is 11.5 Å². The lowest BCUT2D eigenvalue weighted by atomic mass is 10.00. The van der Waals surface area contributed by atoms with Gasteiger partial charge in [0.15, 0.2) is 11.2 Å². The van der Waals surface area contributed by atoms with Gasteiger partial charge in [0, 0.05) is 20.1 Å². The van der Waals surface area contributed by atoms with Crippen LogP contribution in [0.25, 0.3) is 11.2 Å². The maximum Gasteiger partial charge on any atom is 0.329 e. The zero-order chi connectivity index (χ0) is 22.8. The third kappa shape index (κ3) is 4.36. The maximum absolute atomic E-state index is 12.7. The number of aromatic amines is 1. The zero-order valence-corrected chi connectivity index (χ0v) is 18.6. The van der Waals surface area contributed by atoms with E-state index in [-0.39, 0.29) is 18.7 Å². The molecule has 32 heavy (non-hydrogen) atoms. The smallest absolute Gasteiger partial charge is 0.329 e. The molecule has 1 aliphatic rings. The van der Waals surface area contributed by atoms with Gasteiger partial charge in [0.05, 0.1) is 13.7 Å². The lowest BCUT2D eigenvalue weighted by molar-refractivity contribution is 0.0935. The first-order valence-corrected chi connectivity index (χ1v) is 10.8. The molecule has 3 heterocycles. The number of aliphatic hydroxyl groups is 1. The highest BCUT2D eigenvalue weighted by molar-refractivity contribution is 5.74. The molecule has 172 valence electrons. The average molecular weight is 444 g/mol. The van der Waals surface area contributed by atoms with Crippen LogP contribution in [-0.4, -0.2) is 57.1 Å². The average Bonchev–Trinajstić information content (AvgIpc) is 3.16. The van der Waals surface area contributed by atoms with Crippen LogP contribution in [-0.2, 0) is 13.6 Å². The molecule has 0 bridgehead atoms. The number of nitrogens with one attached hydrogen (secondary N) is 1. The van der Waals surface area contributed by atoms with Crippen LogP contribution < -0.4 is 25.6 Å². The number of methoxy groups -OCH3 is 1. The van der Waals surface area contributed by atoms with E-state index in [4.69, 9.17) is 9.47 Å². The number of nitrogens with zero attached hydrogens (tertiary/aromatic N) is 4. The molecule has 10 heteroatoms. The summed E-state index contributed by atoms with van der Waals surface area (Å²) in [5.41, 5.74) is -0.468. The Bertz CT molecular complexity index is 1190. The largest absolute Gasteiger partial charge is 0.497 e. The van der Waals surface area contributed by atoms with Gasteiger partial charge in [-0.3, -0.25) is 14.3 Å². The van der Waals surface area contributed by atoms with Crippen molar-refractivity contribution < 1.29 is 14.6 Å². The monoisotopic (exact) mass is 443 g/mol. The van der Waals surface area contributed by atoms with E-state index in [1.54, 1.807) is 43.0 Å². The fourth-order valence-corrected chi connectivity index (χ4v) is 3.97. The van der Waals surface area contributed by atoms with E-state index >= 15 is 0 Å². The van der Waals surface area contributed by atoms with Gasteiger partial charge in [-0.15, -0.1) is 0 Å². The molecular weight excluding hydrogens is 414 g/mol. The Morgan fingerprint density at radius 3 is 2.50 bits per heavy atom. The van der Waals surface area contributed by atoms with Crippen molar-refractivity contribution in [2.45, 2.75) is 32.4 Å². The summed E-state index contributed by atoms with van der Waals surface area (Å²) in [4.78, 5) is 33.8. The molecule has 1 aliphatic heterocycles. The highest BCUT2D eigenvalue weighted by Crippen LogP contribution is 2.25.